The molecular formula is C15H24IN3O2S2. The van der Waals surface area contributed by atoms with E-state index >= 15 is 0 Å². The van der Waals surface area contributed by atoms with Crippen LogP contribution < -0.4 is 10.6 Å². The summed E-state index contributed by atoms with van der Waals surface area (Å²) >= 11 is 1.79. The van der Waals surface area contributed by atoms with Crippen molar-refractivity contribution < 1.29 is 8.42 Å². The van der Waals surface area contributed by atoms with Gasteiger partial charge in [-0.15, -0.1) is 35.7 Å². The summed E-state index contributed by atoms with van der Waals surface area (Å²) in [5.41, 5.74) is 0. The standard InChI is InChI=1S/C15H23N3O2S2.HI/c1-16-15(18-11-13-7-10-22(19,20)12-13)17-8-9-21-14-5-3-2-4-6-14;/h2-6,13H,7-12H2,1H3,(H2,16,17,18);1H. The number of halogens is 1. The largest absolute Gasteiger partial charge is 0.356 e. The fourth-order valence-corrected chi connectivity index (χ4v) is 5.00. The van der Waals surface area contributed by atoms with Crippen LogP contribution in [-0.2, 0) is 9.84 Å². The number of aliphatic imine (C=N–C) groups is 1. The molecule has 1 fully saturated rings. The maximum absolute atomic E-state index is 11.4. The number of guanidine groups is 1. The van der Waals surface area contributed by atoms with E-state index in [1.165, 1.54) is 4.90 Å². The highest BCUT2D eigenvalue weighted by Gasteiger charge is 2.27. The minimum absolute atomic E-state index is 0. The minimum atomic E-state index is -2.81. The fraction of sp³-hybridized carbons (Fsp3) is 0.533. The maximum Gasteiger partial charge on any atom is 0.191 e. The zero-order valence-corrected chi connectivity index (χ0v) is 17.2. The lowest BCUT2D eigenvalue weighted by Crippen LogP contribution is -2.40. The topological polar surface area (TPSA) is 70.6 Å². The first-order valence-corrected chi connectivity index (χ1v) is 10.2. The Hall–Kier alpha value is -0.480. The summed E-state index contributed by atoms with van der Waals surface area (Å²) in [7, 11) is -1.08. The van der Waals surface area contributed by atoms with Gasteiger partial charge in [-0.1, -0.05) is 18.2 Å². The number of thioether (sulfide) groups is 1. The van der Waals surface area contributed by atoms with Crippen molar-refractivity contribution in [1.29, 1.82) is 0 Å². The molecular weight excluding hydrogens is 445 g/mol. The average Bonchev–Trinajstić information content (AvgIpc) is 2.87. The van der Waals surface area contributed by atoms with E-state index in [2.05, 4.69) is 27.8 Å². The highest BCUT2D eigenvalue weighted by Crippen LogP contribution is 2.17. The van der Waals surface area contributed by atoms with Gasteiger partial charge in [-0.25, -0.2) is 8.42 Å². The molecule has 1 aliphatic rings. The van der Waals surface area contributed by atoms with Crippen LogP contribution in [0.2, 0.25) is 0 Å². The molecule has 130 valence electrons. The van der Waals surface area contributed by atoms with E-state index in [1.54, 1.807) is 18.8 Å². The lowest BCUT2D eigenvalue weighted by molar-refractivity contribution is 0.568. The van der Waals surface area contributed by atoms with Crippen molar-refractivity contribution in [3.8, 4) is 0 Å². The molecule has 1 aromatic rings. The summed E-state index contributed by atoms with van der Waals surface area (Å²) in [5, 5.41) is 6.47. The average molecular weight is 469 g/mol. The maximum atomic E-state index is 11.4. The summed E-state index contributed by atoms with van der Waals surface area (Å²) in [4.78, 5) is 5.42. The highest BCUT2D eigenvalue weighted by atomic mass is 127. The summed E-state index contributed by atoms with van der Waals surface area (Å²) in [5.74, 6) is 2.49. The molecule has 2 rings (SSSR count). The van der Waals surface area contributed by atoms with Gasteiger partial charge in [0.15, 0.2) is 15.8 Å². The highest BCUT2D eigenvalue weighted by molar-refractivity contribution is 14.0. The third kappa shape index (κ3) is 7.75. The number of nitrogens with zero attached hydrogens (tertiary/aromatic N) is 1. The van der Waals surface area contributed by atoms with Gasteiger partial charge in [0.1, 0.15) is 0 Å². The van der Waals surface area contributed by atoms with Gasteiger partial charge in [0.05, 0.1) is 11.5 Å². The first-order chi connectivity index (χ1) is 10.6. The van der Waals surface area contributed by atoms with Crippen molar-refractivity contribution in [2.24, 2.45) is 10.9 Å². The van der Waals surface area contributed by atoms with Crippen LogP contribution in [0.25, 0.3) is 0 Å². The van der Waals surface area contributed by atoms with E-state index in [0.717, 1.165) is 24.7 Å². The fourth-order valence-electron chi connectivity index (χ4n) is 2.35. The molecule has 1 aliphatic heterocycles. The van der Waals surface area contributed by atoms with E-state index in [9.17, 15) is 8.42 Å². The van der Waals surface area contributed by atoms with E-state index < -0.39 is 9.84 Å². The predicted molar refractivity (Wildman–Crippen MR) is 109 cm³/mol. The second-order valence-corrected chi connectivity index (χ2v) is 8.71. The molecule has 0 bridgehead atoms. The normalized spacial score (nSPS) is 19.9. The molecule has 0 amide bonds. The zero-order valence-electron chi connectivity index (χ0n) is 13.2. The molecule has 23 heavy (non-hydrogen) atoms. The monoisotopic (exact) mass is 469 g/mol. The van der Waals surface area contributed by atoms with Gasteiger partial charge in [-0.3, -0.25) is 4.99 Å². The smallest absolute Gasteiger partial charge is 0.191 e. The number of nitrogens with one attached hydrogen (secondary N) is 2. The second kappa shape index (κ2) is 10.4. The third-order valence-electron chi connectivity index (χ3n) is 3.51. The first-order valence-electron chi connectivity index (χ1n) is 7.42. The molecule has 0 aromatic heterocycles. The van der Waals surface area contributed by atoms with Crippen molar-refractivity contribution in [2.45, 2.75) is 11.3 Å². The van der Waals surface area contributed by atoms with Crippen LogP contribution in [0.5, 0.6) is 0 Å². The number of hydrogen-bond donors (Lipinski definition) is 2. The van der Waals surface area contributed by atoms with Crippen LogP contribution in [0.1, 0.15) is 6.42 Å². The summed E-state index contributed by atoms with van der Waals surface area (Å²) < 4.78 is 22.8. The molecule has 8 heteroatoms. The lowest BCUT2D eigenvalue weighted by Gasteiger charge is -2.14. The van der Waals surface area contributed by atoms with Gasteiger partial charge >= 0.3 is 0 Å². The van der Waals surface area contributed by atoms with Gasteiger partial charge in [0.25, 0.3) is 0 Å². The molecule has 0 spiro atoms. The van der Waals surface area contributed by atoms with Crippen LogP contribution in [0, 0.1) is 5.92 Å². The Balaban J connectivity index is 0.00000264. The number of hydrogen-bond acceptors (Lipinski definition) is 4. The van der Waals surface area contributed by atoms with Gasteiger partial charge in [0.2, 0.25) is 0 Å². The summed E-state index contributed by atoms with van der Waals surface area (Å²) in [6.45, 7) is 1.47. The quantitative estimate of drug-likeness (QED) is 0.219. The number of benzene rings is 1. The van der Waals surface area contributed by atoms with Gasteiger partial charge in [-0.2, -0.15) is 0 Å². The van der Waals surface area contributed by atoms with Crippen LogP contribution in [0.3, 0.4) is 0 Å². The Bertz CT molecular complexity index is 594. The van der Waals surface area contributed by atoms with Crippen molar-refractivity contribution in [3.05, 3.63) is 30.3 Å². The van der Waals surface area contributed by atoms with Crippen LogP contribution in [-0.4, -0.2) is 51.8 Å². The van der Waals surface area contributed by atoms with Crippen LogP contribution in [0.15, 0.2) is 40.2 Å². The van der Waals surface area contributed by atoms with E-state index in [-0.39, 0.29) is 29.9 Å². The number of rotatable bonds is 6. The molecule has 2 N–H and O–H groups in total. The van der Waals surface area contributed by atoms with Crippen molar-refractivity contribution in [1.82, 2.24) is 10.6 Å². The molecule has 0 radical (unpaired) electrons. The Morgan fingerprint density at radius 1 is 1.30 bits per heavy atom. The molecule has 1 unspecified atom stereocenters. The molecule has 1 atom stereocenters. The molecule has 5 nitrogen and oxygen atoms in total. The Kier molecular flexibility index (Phi) is 9.30. The van der Waals surface area contributed by atoms with Crippen molar-refractivity contribution >= 4 is 51.5 Å². The first kappa shape index (κ1) is 20.6. The van der Waals surface area contributed by atoms with E-state index in [4.69, 9.17) is 0 Å². The molecule has 1 aromatic carbocycles. The Morgan fingerprint density at radius 3 is 2.65 bits per heavy atom. The van der Waals surface area contributed by atoms with Crippen molar-refractivity contribution in [2.75, 3.05) is 37.4 Å². The molecule has 0 saturated carbocycles. The van der Waals surface area contributed by atoms with Gasteiger partial charge < -0.3 is 10.6 Å². The third-order valence-corrected chi connectivity index (χ3v) is 6.37. The lowest BCUT2D eigenvalue weighted by atomic mass is 10.1. The second-order valence-electron chi connectivity index (χ2n) is 5.31. The van der Waals surface area contributed by atoms with Crippen LogP contribution >= 0.6 is 35.7 Å². The predicted octanol–water partition coefficient (Wildman–Crippen LogP) is 2.00. The molecule has 0 aliphatic carbocycles. The summed E-state index contributed by atoms with van der Waals surface area (Å²) in [6.07, 6.45) is 0.746. The van der Waals surface area contributed by atoms with E-state index in [0.29, 0.717) is 18.1 Å². The summed E-state index contributed by atoms with van der Waals surface area (Å²) in [6, 6.07) is 10.3. The number of sulfone groups is 1. The van der Waals surface area contributed by atoms with Crippen LogP contribution in [0.4, 0.5) is 0 Å². The minimum Gasteiger partial charge on any atom is -0.356 e. The SMILES string of the molecule is CN=C(NCCSc1ccccc1)NCC1CCS(=O)(=O)C1.I. The Morgan fingerprint density at radius 2 is 2.04 bits per heavy atom. The van der Waals surface area contributed by atoms with Crippen molar-refractivity contribution in [3.63, 3.8) is 0 Å². The van der Waals surface area contributed by atoms with Gasteiger partial charge in [-0.05, 0) is 24.5 Å². The Labute approximate surface area is 160 Å². The van der Waals surface area contributed by atoms with E-state index in [1.807, 2.05) is 18.2 Å². The molecule has 1 heterocycles. The molecule has 1 saturated heterocycles. The van der Waals surface area contributed by atoms with Gasteiger partial charge in [0, 0.05) is 30.8 Å². The zero-order chi connectivity index (χ0) is 15.8.